The molecule has 12 heteroatoms. The molecule has 4 N–H and O–H groups in total. The summed E-state index contributed by atoms with van der Waals surface area (Å²) in [5, 5.41) is 26.3. The average molecular weight is 529 g/mol. The number of aliphatic hydroxyl groups excluding tert-OH is 1. The van der Waals surface area contributed by atoms with Crippen molar-refractivity contribution in [3.8, 4) is 6.07 Å². The van der Waals surface area contributed by atoms with Gasteiger partial charge in [0.2, 0.25) is 0 Å². The number of sulfone groups is 1. The van der Waals surface area contributed by atoms with Crippen LogP contribution in [0.15, 0.2) is 24.3 Å². The van der Waals surface area contributed by atoms with E-state index in [0.29, 0.717) is 30.4 Å². The van der Waals surface area contributed by atoms with Crippen LogP contribution in [0.4, 0.5) is 0 Å². The summed E-state index contributed by atoms with van der Waals surface area (Å²) in [5.41, 5.74) is 7.87. The first-order chi connectivity index (χ1) is 17.4. The third kappa shape index (κ3) is 4.52. The molecular formula is C25H32N6O5S. The van der Waals surface area contributed by atoms with E-state index in [0.717, 1.165) is 5.56 Å². The number of fused-ring (bicyclic) bond motifs is 1. The van der Waals surface area contributed by atoms with Gasteiger partial charge in [0, 0.05) is 38.8 Å². The molecule has 1 fully saturated rings. The predicted octanol–water partition coefficient (Wildman–Crippen LogP) is 0.266. The molecule has 0 bridgehead atoms. The van der Waals surface area contributed by atoms with Gasteiger partial charge in [0.15, 0.2) is 15.5 Å². The Morgan fingerprint density at radius 1 is 1.32 bits per heavy atom. The van der Waals surface area contributed by atoms with Gasteiger partial charge in [-0.1, -0.05) is 12.1 Å². The normalized spacial score (nSPS) is 17.6. The molecular weight excluding hydrogens is 496 g/mol. The van der Waals surface area contributed by atoms with Crippen molar-refractivity contribution in [2.24, 2.45) is 12.8 Å². The number of nitrogens with two attached hydrogens (primary N) is 1. The quantitative estimate of drug-likeness (QED) is 0.416. The third-order valence-corrected chi connectivity index (χ3v) is 10.9. The van der Waals surface area contributed by atoms with Crippen LogP contribution in [0.1, 0.15) is 64.4 Å². The topological polar surface area (TPSA) is 171 Å². The van der Waals surface area contributed by atoms with Crippen LogP contribution in [0.3, 0.4) is 0 Å². The second-order valence-corrected chi connectivity index (χ2v) is 13.2. The third-order valence-electron chi connectivity index (χ3n) is 7.59. The van der Waals surface area contributed by atoms with Crippen LogP contribution in [0.2, 0.25) is 0 Å². The monoisotopic (exact) mass is 528 g/mol. The SMILES string of the molecule is Cn1nc(C(=O)NCc2ccc(C#N)cc2)c2c1C(=O)N(CC1(S(=O)(=O)C(C)(C)[C@@H](O)CN)CC1)CC2. The van der Waals surface area contributed by atoms with Crippen molar-refractivity contribution in [1.82, 2.24) is 20.0 Å². The number of nitrogens with one attached hydrogen (secondary N) is 1. The molecule has 1 aliphatic heterocycles. The fourth-order valence-electron chi connectivity index (χ4n) is 4.89. The Kier molecular flexibility index (Phi) is 6.92. The molecule has 0 spiro atoms. The number of aromatic nitrogens is 2. The van der Waals surface area contributed by atoms with E-state index in [1.54, 1.807) is 31.3 Å². The van der Waals surface area contributed by atoms with Gasteiger partial charge in [-0.05, 0) is 50.8 Å². The number of hydrogen-bond acceptors (Lipinski definition) is 8. The number of aliphatic hydroxyl groups is 1. The van der Waals surface area contributed by atoms with E-state index in [4.69, 9.17) is 11.0 Å². The van der Waals surface area contributed by atoms with Gasteiger partial charge in [-0.3, -0.25) is 14.3 Å². The van der Waals surface area contributed by atoms with Gasteiger partial charge in [0.05, 0.1) is 27.2 Å². The highest BCUT2D eigenvalue weighted by Crippen LogP contribution is 2.50. The molecule has 1 aromatic carbocycles. The van der Waals surface area contributed by atoms with E-state index in [1.807, 2.05) is 6.07 Å². The molecule has 198 valence electrons. The Morgan fingerprint density at radius 2 is 1.97 bits per heavy atom. The van der Waals surface area contributed by atoms with E-state index in [1.165, 1.54) is 23.4 Å². The lowest BCUT2D eigenvalue weighted by atomic mass is 10.0. The molecule has 2 aliphatic rings. The number of benzene rings is 1. The van der Waals surface area contributed by atoms with Crippen molar-refractivity contribution < 1.29 is 23.1 Å². The van der Waals surface area contributed by atoms with Gasteiger partial charge >= 0.3 is 0 Å². The van der Waals surface area contributed by atoms with Crippen LogP contribution < -0.4 is 11.1 Å². The molecule has 11 nitrogen and oxygen atoms in total. The smallest absolute Gasteiger partial charge is 0.272 e. The molecule has 2 aromatic rings. The molecule has 37 heavy (non-hydrogen) atoms. The Morgan fingerprint density at radius 3 is 2.54 bits per heavy atom. The summed E-state index contributed by atoms with van der Waals surface area (Å²) in [4.78, 5) is 27.9. The van der Waals surface area contributed by atoms with Crippen molar-refractivity contribution in [2.45, 2.75) is 55.3 Å². The number of aryl methyl sites for hydroxylation is 1. The van der Waals surface area contributed by atoms with Crippen LogP contribution in [-0.2, 0) is 29.9 Å². The van der Waals surface area contributed by atoms with Crippen LogP contribution in [0.5, 0.6) is 0 Å². The lowest BCUT2D eigenvalue weighted by molar-refractivity contribution is 0.0723. The van der Waals surface area contributed by atoms with E-state index in [-0.39, 0.29) is 43.5 Å². The first-order valence-corrected chi connectivity index (χ1v) is 13.6. The van der Waals surface area contributed by atoms with Crippen molar-refractivity contribution in [3.63, 3.8) is 0 Å². The standard InChI is InChI=1S/C25H32N6O5S/c1-24(2,19(32)13-27)37(35,36)25(9-10-25)15-31-11-8-18-20(29-30(3)21(18)23(31)34)22(33)28-14-17-6-4-16(12-26)5-7-17/h4-7,19,32H,8-11,13-15,27H2,1-3H3,(H,28,33)/t19-/m0/s1. The second-order valence-electron chi connectivity index (χ2n) is 10.3. The summed E-state index contributed by atoms with van der Waals surface area (Å²) in [7, 11) is -2.24. The van der Waals surface area contributed by atoms with Crippen molar-refractivity contribution in [2.75, 3.05) is 19.6 Å². The summed E-state index contributed by atoms with van der Waals surface area (Å²) in [6, 6.07) is 8.89. The largest absolute Gasteiger partial charge is 0.390 e. The van der Waals surface area contributed by atoms with Crippen LogP contribution in [0.25, 0.3) is 0 Å². The number of carbonyl (C=O) groups is 2. The Balaban J connectivity index is 1.50. The number of amides is 2. The highest BCUT2D eigenvalue weighted by atomic mass is 32.2. The van der Waals surface area contributed by atoms with Gasteiger partial charge < -0.3 is 21.1 Å². The van der Waals surface area contributed by atoms with Crippen LogP contribution in [-0.4, -0.2) is 75.3 Å². The molecule has 2 heterocycles. The minimum atomic E-state index is -3.82. The van der Waals surface area contributed by atoms with E-state index < -0.39 is 31.3 Å². The number of hydrogen-bond donors (Lipinski definition) is 3. The highest BCUT2D eigenvalue weighted by Gasteiger charge is 2.62. The molecule has 1 aromatic heterocycles. The summed E-state index contributed by atoms with van der Waals surface area (Å²) in [5.74, 6) is -0.790. The Labute approximate surface area is 216 Å². The van der Waals surface area contributed by atoms with E-state index in [9.17, 15) is 23.1 Å². The summed E-state index contributed by atoms with van der Waals surface area (Å²) in [6.07, 6.45) is -0.0529. The maximum Gasteiger partial charge on any atom is 0.272 e. The average Bonchev–Trinajstić information content (AvgIpc) is 3.60. The number of carbonyl (C=O) groups excluding carboxylic acids is 2. The summed E-state index contributed by atoms with van der Waals surface area (Å²) < 4.78 is 25.8. The summed E-state index contributed by atoms with van der Waals surface area (Å²) >= 11 is 0. The first kappa shape index (κ1) is 26.8. The fourth-order valence-corrected chi connectivity index (χ4v) is 7.42. The van der Waals surface area contributed by atoms with Gasteiger partial charge in [-0.25, -0.2) is 8.42 Å². The van der Waals surface area contributed by atoms with Crippen molar-refractivity contribution in [1.29, 1.82) is 5.26 Å². The fraction of sp³-hybridized carbons (Fsp3) is 0.520. The minimum Gasteiger partial charge on any atom is -0.390 e. The van der Waals surface area contributed by atoms with Gasteiger partial charge in [0.1, 0.15) is 5.69 Å². The van der Waals surface area contributed by atoms with Crippen molar-refractivity contribution in [3.05, 3.63) is 52.3 Å². The highest BCUT2D eigenvalue weighted by molar-refractivity contribution is 7.94. The maximum atomic E-state index is 13.5. The zero-order valence-electron chi connectivity index (χ0n) is 21.2. The molecule has 2 amide bonds. The first-order valence-electron chi connectivity index (χ1n) is 12.1. The molecule has 0 unspecified atom stereocenters. The van der Waals surface area contributed by atoms with Gasteiger partial charge in [-0.15, -0.1) is 0 Å². The lowest BCUT2D eigenvalue weighted by Crippen LogP contribution is -2.55. The molecule has 0 radical (unpaired) electrons. The molecule has 1 saturated carbocycles. The number of rotatable bonds is 9. The van der Waals surface area contributed by atoms with Crippen LogP contribution >= 0.6 is 0 Å². The second kappa shape index (κ2) is 9.55. The predicted molar refractivity (Wildman–Crippen MR) is 135 cm³/mol. The Bertz CT molecular complexity index is 1370. The Hall–Kier alpha value is -3.27. The minimum absolute atomic E-state index is 0.0136. The molecule has 1 aliphatic carbocycles. The molecule has 0 saturated heterocycles. The van der Waals surface area contributed by atoms with Crippen LogP contribution in [0, 0.1) is 11.3 Å². The zero-order chi connectivity index (χ0) is 27.2. The molecule has 1 atom stereocenters. The lowest BCUT2D eigenvalue weighted by Gasteiger charge is -2.37. The van der Waals surface area contributed by atoms with Crippen molar-refractivity contribution >= 4 is 21.7 Å². The number of nitriles is 1. The van der Waals surface area contributed by atoms with Gasteiger partial charge in [-0.2, -0.15) is 10.4 Å². The number of nitrogens with zero attached hydrogens (tertiary/aromatic N) is 4. The molecule has 4 rings (SSSR count). The van der Waals surface area contributed by atoms with Gasteiger partial charge in [0.25, 0.3) is 11.8 Å². The zero-order valence-corrected chi connectivity index (χ0v) is 22.0. The maximum absolute atomic E-state index is 13.5. The summed E-state index contributed by atoms with van der Waals surface area (Å²) in [6.45, 7) is 3.27. The van der Waals surface area contributed by atoms with E-state index in [2.05, 4.69) is 10.4 Å². The van der Waals surface area contributed by atoms with E-state index >= 15 is 0 Å².